The third kappa shape index (κ3) is 11.4. The van der Waals surface area contributed by atoms with Gasteiger partial charge in [-0.1, -0.05) is 13.8 Å². The Morgan fingerprint density at radius 1 is 0.727 bits per heavy atom. The molecular formula is C18H30N6O9. The van der Waals surface area contributed by atoms with Crippen LogP contribution in [0.5, 0.6) is 0 Å². The van der Waals surface area contributed by atoms with Gasteiger partial charge in [0.05, 0.1) is 18.9 Å². The standard InChI is InChI=1S/C18H30N6O9/c1-7(2)14(21)17(31)22-8(3-4-13(27)28)15(29)23-9(5-11(19)25)16(30)24-10(18(32)33)6-12(20)26/h7-10,14H,3-6,21H2,1-2H3,(H2,19,25)(H2,20,26)(H,22,31)(H,23,29)(H,24,30)(H,27,28)(H,32,33). The second-order valence-corrected chi connectivity index (χ2v) is 7.56. The molecule has 0 aliphatic rings. The monoisotopic (exact) mass is 474 g/mol. The molecule has 0 heterocycles. The second-order valence-electron chi connectivity index (χ2n) is 7.56. The van der Waals surface area contributed by atoms with Gasteiger partial charge in [-0.05, 0) is 12.3 Å². The number of primary amides is 2. The molecular weight excluding hydrogens is 444 g/mol. The first kappa shape index (κ1) is 29.2. The van der Waals surface area contributed by atoms with E-state index in [1.54, 1.807) is 13.8 Å². The van der Waals surface area contributed by atoms with Crippen LogP contribution in [0, 0.1) is 5.92 Å². The first-order valence-corrected chi connectivity index (χ1v) is 9.83. The number of amides is 5. The number of carbonyl (C=O) groups excluding carboxylic acids is 5. The minimum atomic E-state index is -1.74. The zero-order chi connectivity index (χ0) is 25.9. The Hall–Kier alpha value is -3.75. The minimum absolute atomic E-state index is 0.306. The maximum absolute atomic E-state index is 12.7. The third-order valence-electron chi connectivity index (χ3n) is 4.36. The molecule has 186 valence electrons. The predicted octanol–water partition coefficient (Wildman–Crippen LogP) is -3.88. The van der Waals surface area contributed by atoms with Gasteiger partial charge in [0.1, 0.15) is 18.1 Å². The quantitative estimate of drug-likeness (QED) is 0.114. The molecule has 0 saturated heterocycles. The van der Waals surface area contributed by atoms with Gasteiger partial charge < -0.3 is 43.4 Å². The van der Waals surface area contributed by atoms with E-state index in [0.29, 0.717) is 0 Å². The van der Waals surface area contributed by atoms with Crippen LogP contribution in [0.3, 0.4) is 0 Å². The first-order chi connectivity index (χ1) is 15.1. The van der Waals surface area contributed by atoms with Crippen molar-refractivity contribution in [3.05, 3.63) is 0 Å². The third-order valence-corrected chi connectivity index (χ3v) is 4.36. The van der Waals surface area contributed by atoms with Crippen molar-refractivity contribution in [2.75, 3.05) is 0 Å². The summed E-state index contributed by atoms with van der Waals surface area (Å²) in [4.78, 5) is 81.9. The van der Waals surface area contributed by atoms with Gasteiger partial charge in [-0.25, -0.2) is 4.79 Å². The van der Waals surface area contributed by atoms with E-state index in [1.807, 2.05) is 5.32 Å². The summed E-state index contributed by atoms with van der Waals surface area (Å²) in [6.45, 7) is 3.30. The van der Waals surface area contributed by atoms with Crippen LogP contribution in [0.4, 0.5) is 0 Å². The lowest BCUT2D eigenvalue weighted by Crippen LogP contribution is -2.58. The van der Waals surface area contributed by atoms with E-state index in [4.69, 9.17) is 27.4 Å². The van der Waals surface area contributed by atoms with Crippen LogP contribution >= 0.6 is 0 Å². The average molecular weight is 474 g/mol. The highest BCUT2D eigenvalue weighted by atomic mass is 16.4. The fraction of sp³-hybridized carbons (Fsp3) is 0.611. The van der Waals surface area contributed by atoms with Crippen molar-refractivity contribution in [3.63, 3.8) is 0 Å². The molecule has 0 aliphatic carbocycles. The molecule has 15 heteroatoms. The first-order valence-electron chi connectivity index (χ1n) is 9.83. The normalized spacial score (nSPS) is 14.3. The van der Waals surface area contributed by atoms with Crippen LogP contribution in [0.15, 0.2) is 0 Å². The Bertz CT molecular complexity index is 785. The van der Waals surface area contributed by atoms with Crippen molar-refractivity contribution >= 4 is 41.5 Å². The maximum atomic E-state index is 12.7. The summed E-state index contributed by atoms with van der Waals surface area (Å²) in [7, 11) is 0. The Labute approximate surface area is 188 Å². The number of carboxylic acid groups (broad SMARTS) is 2. The van der Waals surface area contributed by atoms with Gasteiger partial charge in [0, 0.05) is 6.42 Å². The van der Waals surface area contributed by atoms with Gasteiger partial charge in [0.25, 0.3) is 0 Å². The van der Waals surface area contributed by atoms with E-state index >= 15 is 0 Å². The van der Waals surface area contributed by atoms with Crippen LogP contribution in [-0.2, 0) is 33.6 Å². The van der Waals surface area contributed by atoms with Gasteiger partial charge in [-0.2, -0.15) is 0 Å². The predicted molar refractivity (Wildman–Crippen MR) is 111 cm³/mol. The number of hydrogen-bond donors (Lipinski definition) is 8. The molecule has 0 spiro atoms. The Morgan fingerprint density at radius 2 is 1.15 bits per heavy atom. The fourth-order valence-electron chi connectivity index (χ4n) is 2.46. The molecule has 4 atom stereocenters. The number of nitrogens with one attached hydrogen (secondary N) is 3. The van der Waals surface area contributed by atoms with Crippen molar-refractivity contribution in [2.24, 2.45) is 23.1 Å². The molecule has 0 saturated carbocycles. The zero-order valence-electron chi connectivity index (χ0n) is 18.2. The van der Waals surface area contributed by atoms with Gasteiger partial charge >= 0.3 is 11.9 Å². The van der Waals surface area contributed by atoms with Gasteiger partial charge in [0.15, 0.2) is 0 Å². The number of aliphatic carboxylic acids is 2. The van der Waals surface area contributed by atoms with Crippen LogP contribution in [-0.4, -0.2) is 75.9 Å². The number of carboxylic acids is 2. The molecule has 0 bridgehead atoms. The molecule has 0 fully saturated rings. The Morgan fingerprint density at radius 3 is 1.58 bits per heavy atom. The van der Waals surface area contributed by atoms with Gasteiger partial charge in [0.2, 0.25) is 29.5 Å². The highest BCUT2D eigenvalue weighted by Crippen LogP contribution is 2.05. The van der Waals surface area contributed by atoms with Crippen molar-refractivity contribution < 1.29 is 43.8 Å². The fourth-order valence-corrected chi connectivity index (χ4v) is 2.46. The van der Waals surface area contributed by atoms with Crippen molar-refractivity contribution in [1.82, 2.24) is 16.0 Å². The van der Waals surface area contributed by atoms with Gasteiger partial charge in [-0.15, -0.1) is 0 Å². The summed E-state index contributed by atoms with van der Waals surface area (Å²) in [5.41, 5.74) is 15.7. The van der Waals surface area contributed by atoms with Crippen molar-refractivity contribution in [3.8, 4) is 0 Å². The Kier molecular flexibility index (Phi) is 12.1. The minimum Gasteiger partial charge on any atom is -0.481 e. The smallest absolute Gasteiger partial charge is 0.326 e. The SMILES string of the molecule is CC(C)C(N)C(=O)NC(CCC(=O)O)C(=O)NC(CC(N)=O)C(=O)NC(CC(N)=O)C(=O)O. The van der Waals surface area contributed by atoms with E-state index in [1.165, 1.54) is 0 Å². The highest BCUT2D eigenvalue weighted by molar-refractivity contribution is 5.96. The molecule has 15 nitrogen and oxygen atoms in total. The van der Waals surface area contributed by atoms with E-state index in [-0.39, 0.29) is 12.3 Å². The summed E-state index contributed by atoms with van der Waals surface area (Å²) < 4.78 is 0. The summed E-state index contributed by atoms with van der Waals surface area (Å²) in [5, 5.41) is 24.4. The largest absolute Gasteiger partial charge is 0.481 e. The van der Waals surface area contributed by atoms with Crippen molar-refractivity contribution in [2.45, 2.75) is 63.7 Å². The lowest BCUT2D eigenvalue weighted by Gasteiger charge is -2.25. The molecule has 5 amide bonds. The Balaban J connectivity index is 5.61. The molecule has 4 unspecified atom stereocenters. The molecule has 0 radical (unpaired) electrons. The summed E-state index contributed by atoms with van der Waals surface area (Å²) in [6, 6.07) is -5.89. The lowest BCUT2D eigenvalue weighted by atomic mass is 10.0. The van der Waals surface area contributed by atoms with Crippen LogP contribution in [0.25, 0.3) is 0 Å². The van der Waals surface area contributed by atoms with Gasteiger partial charge in [-0.3, -0.25) is 28.8 Å². The highest BCUT2D eigenvalue weighted by Gasteiger charge is 2.32. The summed E-state index contributed by atoms with van der Waals surface area (Å²) >= 11 is 0. The topological polar surface area (TPSA) is 274 Å². The lowest BCUT2D eigenvalue weighted by molar-refractivity contribution is -0.144. The molecule has 33 heavy (non-hydrogen) atoms. The second kappa shape index (κ2) is 13.6. The number of hydrogen-bond acceptors (Lipinski definition) is 8. The number of nitrogens with two attached hydrogens (primary N) is 3. The molecule has 0 aromatic rings. The van der Waals surface area contributed by atoms with Crippen molar-refractivity contribution in [1.29, 1.82) is 0 Å². The van der Waals surface area contributed by atoms with Crippen LogP contribution in [0.2, 0.25) is 0 Å². The summed E-state index contributed by atoms with van der Waals surface area (Å²) in [6.07, 6.45) is -2.42. The summed E-state index contributed by atoms with van der Waals surface area (Å²) in [5.74, 6) is -8.19. The number of rotatable bonds is 15. The molecule has 0 aromatic heterocycles. The average Bonchev–Trinajstić information content (AvgIpc) is 2.67. The molecule has 0 aromatic carbocycles. The molecule has 0 aliphatic heterocycles. The van der Waals surface area contributed by atoms with Crippen LogP contribution in [0.1, 0.15) is 39.5 Å². The maximum Gasteiger partial charge on any atom is 0.326 e. The van der Waals surface area contributed by atoms with E-state index in [2.05, 4.69) is 10.6 Å². The van der Waals surface area contributed by atoms with E-state index in [9.17, 15) is 33.6 Å². The molecule has 11 N–H and O–H groups in total. The van der Waals surface area contributed by atoms with E-state index in [0.717, 1.165) is 0 Å². The number of carbonyl (C=O) groups is 7. The van der Waals surface area contributed by atoms with E-state index < -0.39 is 84.9 Å². The molecule has 0 rings (SSSR count). The zero-order valence-corrected chi connectivity index (χ0v) is 18.2. The van der Waals surface area contributed by atoms with Crippen LogP contribution < -0.4 is 33.2 Å².